The van der Waals surface area contributed by atoms with E-state index in [0.717, 1.165) is 5.56 Å². The van der Waals surface area contributed by atoms with Gasteiger partial charge in [-0.25, -0.2) is 4.39 Å². The summed E-state index contributed by atoms with van der Waals surface area (Å²) in [5, 5.41) is 0.648. The lowest BCUT2D eigenvalue weighted by Crippen LogP contribution is -2.01. The average Bonchev–Trinajstić information content (AvgIpc) is 2.36. The van der Waals surface area contributed by atoms with E-state index in [9.17, 15) is 4.39 Å². The molecule has 0 aromatic heterocycles. The molecule has 0 aliphatic heterocycles. The van der Waals surface area contributed by atoms with Gasteiger partial charge in [0.25, 0.3) is 0 Å². The van der Waals surface area contributed by atoms with Crippen molar-refractivity contribution in [1.29, 1.82) is 0 Å². The van der Waals surface area contributed by atoms with Crippen LogP contribution in [0.5, 0.6) is 11.5 Å². The molecule has 0 amide bonds. The molecule has 0 aliphatic rings. The molecule has 18 heavy (non-hydrogen) atoms. The molecule has 2 N–H and O–H groups in total. The van der Waals surface area contributed by atoms with Crippen molar-refractivity contribution >= 4 is 11.6 Å². The van der Waals surface area contributed by atoms with Crippen LogP contribution in [0.15, 0.2) is 36.4 Å². The van der Waals surface area contributed by atoms with Gasteiger partial charge in [0, 0.05) is 17.1 Å². The number of hydrogen-bond acceptors (Lipinski definition) is 2. The van der Waals surface area contributed by atoms with Crippen molar-refractivity contribution in [2.75, 3.05) is 0 Å². The summed E-state index contributed by atoms with van der Waals surface area (Å²) >= 11 is 5.92. The molecule has 0 unspecified atom stereocenters. The first kappa shape index (κ1) is 12.9. The number of aryl methyl sites for hydroxylation is 1. The monoisotopic (exact) mass is 265 g/mol. The molecule has 2 rings (SSSR count). The summed E-state index contributed by atoms with van der Waals surface area (Å²) in [6.45, 7) is 2.08. The van der Waals surface area contributed by atoms with Gasteiger partial charge in [-0.2, -0.15) is 0 Å². The van der Waals surface area contributed by atoms with E-state index in [1.54, 1.807) is 30.3 Å². The Labute approximate surface area is 110 Å². The number of ether oxygens (including phenoxy) is 1. The van der Waals surface area contributed by atoms with Crippen molar-refractivity contribution in [2.45, 2.75) is 13.5 Å². The summed E-state index contributed by atoms with van der Waals surface area (Å²) in [6.07, 6.45) is 0. The van der Waals surface area contributed by atoms with E-state index in [4.69, 9.17) is 22.1 Å². The first-order chi connectivity index (χ1) is 8.61. The van der Waals surface area contributed by atoms with E-state index in [0.29, 0.717) is 16.3 Å². The third kappa shape index (κ3) is 2.63. The predicted octanol–water partition coefficient (Wildman–Crippen LogP) is 4.04. The Balaban J connectivity index is 2.36. The van der Waals surface area contributed by atoms with E-state index in [2.05, 4.69) is 0 Å². The standard InChI is InChI=1S/C14H13ClFNO/c1-9-7-11(5-6-12(9)15)18-14-10(8-17)3-2-4-13(14)16/h2-7H,8,17H2,1H3. The lowest BCUT2D eigenvalue weighted by molar-refractivity contribution is 0.436. The molecule has 2 aromatic carbocycles. The highest BCUT2D eigenvalue weighted by Crippen LogP contribution is 2.30. The van der Waals surface area contributed by atoms with Crippen molar-refractivity contribution in [1.82, 2.24) is 0 Å². The number of nitrogens with two attached hydrogens (primary N) is 1. The molecule has 0 saturated carbocycles. The molecule has 0 heterocycles. The molecule has 0 atom stereocenters. The first-order valence-corrected chi connectivity index (χ1v) is 5.91. The van der Waals surface area contributed by atoms with Gasteiger partial charge in [0.1, 0.15) is 5.75 Å². The zero-order valence-electron chi connectivity index (χ0n) is 9.91. The molecular weight excluding hydrogens is 253 g/mol. The topological polar surface area (TPSA) is 35.2 Å². The van der Waals surface area contributed by atoms with E-state index in [1.807, 2.05) is 6.92 Å². The van der Waals surface area contributed by atoms with E-state index >= 15 is 0 Å². The van der Waals surface area contributed by atoms with Crippen LogP contribution in [-0.2, 0) is 6.54 Å². The summed E-state index contributed by atoms with van der Waals surface area (Å²) < 4.78 is 19.2. The number of para-hydroxylation sites is 1. The summed E-state index contributed by atoms with van der Waals surface area (Å²) in [6, 6.07) is 9.86. The van der Waals surface area contributed by atoms with E-state index < -0.39 is 5.82 Å². The van der Waals surface area contributed by atoms with Gasteiger partial charge in [0.05, 0.1) is 0 Å². The van der Waals surface area contributed by atoms with Crippen LogP contribution in [-0.4, -0.2) is 0 Å². The van der Waals surface area contributed by atoms with Gasteiger partial charge in [-0.3, -0.25) is 0 Å². The summed E-state index contributed by atoms with van der Waals surface area (Å²) in [7, 11) is 0. The van der Waals surface area contributed by atoms with Gasteiger partial charge in [-0.05, 0) is 36.8 Å². The van der Waals surface area contributed by atoms with Gasteiger partial charge in [0.2, 0.25) is 0 Å². The zero-order chi connectivity index (χ0) is 13.1. The zero-order valence-corrected chi connectivity index (χ0v) is 10.7. The average molecular weight is 266 g/mol. The highest BCUT2D eigenvalue weighted by Gasteiger charge is 2.10. The second kappa shape index (κ2) is 5.38. The van der Waals surface area contributed by atoms with Gasteiger partial charge in [-0.1, -0.05) is 23.7 Å². The lowest BCUT2D eigenvalue weighted by Gasteiger charge is -2.11. The normalized spacial score (nSPS) is 10.4. The van der Waals surface area contributed by atoms with Crippen LogP contribution in [0.1, 0.15) is 11.1 Å². The summed E-state index contributed by atoms with van der Waals surface area (Å²) in [5.74, 6) is 0.281. The largest absolute Gasteiger partial charge is 0.454 e. The molecule has 94 valence electrons. The molecule has 0 radical (unpaired) electrons. The van der Waals surface area contributed by atoms with Gasteiger partial charge in [-0.15, -0.1) is 0 Å². The van der Waals surface area contributed by atoms with E-state index in [1.165, 1.54) is 6.07 Å². The molecule has 2 nitrogen and oxygen atoms in total. The molecule has 0 bridgehead atoms. The molecule has 0 aliphatic carbocycles. The molecule has 0 spiro atoms. The maximum Gasteiger partial charge on any atom is 0.167 e. The second-order valence-electron chi connectivity index (χ2n) is 3.95. The van der Waals surface area contributed by atoms with Crippen LogP contribution in [0.2, 0.25) is 5.02 Å². The number of rotatable bonds is 3. The van der Waals surface area contributed by atoms with Crippen LogP contribution in [0.3, 0.4) is 0 Å². The van der Waals surface area contributed by atoms with Gasteiger partial charge in [0.15, 0.2) is 11.6 Å². The highest BCUT2D eigenvalue weighted by atomic mass is 35.5. The van der Waals surface area contributed by atoms with E-state index in [-0.39, 0.29) is 12.3 Å². The Kier molecular flexibility index (Phi) is 3.84. The Hall–Kier alpha value is -1.58. The predicted molar refractivity (Wildman–Crippen MR) is 70.6 cm³/mol. The minimum atomic E-state index is -0.425. The van der Waals surface area contributed by atoms with Crippen molar-refractivity contribution < 1.29 is 9.13 Å². The van der Waals surface area contributed by atoms with Crippen molar-refractivity contribution in [3.05, 3.63) is 58.4 Å². The lowest BCUT2D eigenvalue weighted by atomic mass is 10.2. The van der Waals surface area contributed by atoms with Crippen LogP contribution in [0, 0.1) is 12.7 Å². The Morgan fingerprint density at radius 1 is 1.28 bits per heavy atom. The van der Waals surface area contributed by atoms with Gasteiger partial charge >= 0.3 is 0 Å². The smallest absolute Gasteiger partial charge is 0.167 e. The maximum atomic E-state index is 13.7. The van der Waals surface area contributed by atoms with Crippen LogP contribution >= 0.6 is 11.6 Å². The summed E-state index contributed by atoms with van der Waals surface area (Å²) in [4.78, 5) is 0. The fourth-order valence-corrected chi connectivity index (χ4v) is 1.74. The van der Waals surface area contributed by atoms with Crippen LogP contribution in [0.4, 0.5) is 4.39 Å². The quantitative estimate of drug-likeness (QED) is 0.909. The van der Waals surface area contributed by atoms with Crippen molar-refractivity contribution in [3.8, 4) is 11.5 Å². The molecule has 2 aromatic rings. The minimum absolute atomic E-state index is 0.168. The molecule has 0 saturated heterocycles. The van der Waals surface area contributed by atoms with Gasteiger partial charge < -0.3 is 10.5 Å². The van der Waals surface area contributed by atoms with Crippen LogP contribution < -0.4 is 10.5 Å². The number of halogens is 2. The second-order valence-corrected chi connectivity index (χ2v) is 4.35. The Morgan fingerprint density at radius 3 is 2.72 bits per heavy atom. The summed E-state index contributed by atoms with van der Waals surface area (Å²) in [5.41, 5.74) is 7.06. The number of benzene rings is 2. The Morgan fingerprint density at radius 2 is 2.06 bits per heavy atom. The van der Waals surface area contributed by atoms with Crippen LogP contribution in [0.25, 0.3) is 0 Å². The maximum absolute atomic E-state index is 13.7. The van der Waals surface area contributed by atoms with Crippen molar-refractivity contribution in [3.63, 3.8) is 0 Å². The highest BCUT2D eigenvalue weighted by molar-refractivity contribution is 6.31. The van der Waals surface area contributed by atoms with Crippen molar-refractivity contribution in [2.24, 2.45) is 5.73 Å². The molecule has 0 fully saturated rings. The fraction of sp³-hybridized carbons (Fsp3) is 0.143. The first-order valence-electron chi connectivity index (χ1n) is 5.53. The Bertz CT molecular complexity index is 572. The molecule has 4 heteroatoms. The fourth-order valence-electron chi connectivity index (χ4n) is 1.63. The number of hydrogen-bond donors (Lipinski definition) is 1. The molecular formula is C14H13ClFNO. The SMILES string of the molecule is Cc1cc(Oc2c(F)cccc2CN)ccc1Cl. The minimum Gasteiger partial charge on any atom is -0.454 e. The third-order valence-electron chi connectivity index (χ3n) is 2.62. The third-order valence-corrected chi connectivity index (χ3v) is 3.04.